The summed E-state index contributed by atoms with van der Waals surface area (Å²) in [5.41, 5.74) is 2.05. The summed E-state index contributed by atoms with van der Waals surface area (Å²) in [6.45, 7) is 12.5. The Kier molecular flexibility index (Phi) is 20.1. The summed E-state index contributed by atoms with van der Waals surface area (Å²) in [5.74, 6) is 0. The predicted molar refractivity (Wildman–Crippen MR) is 76.1 cm³/mol. The van der Waals surface area contributed by atoms with Crippen LogP contribution in [0.1, 0.15) is 41.5 Å². The maximum absolute atomic E-state index is 4.63. The van der Waals surface area contributed by atoms with Gasteiger partial charge in [-0.25, -0.2) is 0 Å². The highest BCUT2D eigenvalue weighted by Crippen LogP contribution is 2.25. The fraction of sp³-hybridized carbons (Fsp3) is 0.800. The molecule has 0 aliphatic carbocycles. The molecule has 8 nitrogen and oxygen atoms in total. The van der Waals surface area contributed by atoms with Crippen LogP contribution in [0.25, 0.3) is 0 Å². The fourth-order valence-corrected chi connectivity index (χ4v) is 1.27. The monoisotopic (exact) mass is 274 g/mol. The van der Waals surface area contributed by atoms with E-state index in [0.717, 1.165) is 11.4 Å². The van der Waals surface area contributed by atoms with Gasteiger partial charge in [0.2, 0.25) is 0 Å². The summed E-state index contributed by atoms with van der Waals surface area (Å²) in [7, 11) is 0. The lowest BCUT2D eigenvalue weighted by Crippen LogP contribution is -2.41. The molecule has 1 rings (SSSR count). The van der Waals surface area contributed by atoms with Crippen molar-refractivity contribution in [2.24, 2.45) is 9.98 Å². The van der Waals surface area contributed by atoms with Crippen molar-refractivity contribution in [2.45, 2.75) is 52.6 Å². The van der Waals surface area contributed by atoms with Gasteiger partial charge in [-0.05, 0) is 41.5 Å². The van der Waals surface area contributed by atoms with Crippen LogP contribution in [0, 0.1) is 0 Å². The first kappa shape index (κ1) is 36.0. The van der Waals surface area contributed by atoms with Crippen molar-refractivity contribution in [1.82, 2.24) is 0 Å². The van der Waals surface area contributed by atoms with E-state index in [-0.39, 0.29) is 43.9 Å². The summed E-state index contributed by atoms with van der Waals surface area (Å²) in [6, 6.07) is 0. The molecular formula is C10H30N2O6. The van der Waals surface area contributed by atoms with Crippen molar-refractivity contribution in [3.63, 3.8) is 0 Å². The second-order valence-corrected chi connectivity index (χ2v) is 4.51. The number of aliphatic imine (C=N–C) groups is 2. The molecule has 0 aromatic rings. The Morgan fingerprint density at radius 1 is 0.556 bits per heavy atom. The van der Waals surface area contributed by atoms with Gasteiger partial charge in [0.25, 0.3) is 0 Å². The molecule has 18 heavy (non-hydrogen) atoms. The van der Waals surface area contributed by atoms with Gasteiger partial charge in [-0.2, -0.15) is 0 Å². The summed E-state index contributed by atoms with van der Waals surface area (Å²) in [5, 5.41) is 0. The average Bonchev–Trinajstić information content (AvgIpc) is 1.82. The van der Waals surface area contributed by atoms with Gasteiger partial charge in [0.1, 0.15) is 0 Å². The lowest BCUT2D eigenvalue weighted by molar-refractivity contribution is 0.601. The molecule has 0 unspecified atom stereocenters. The zero-order chi connectivity index (χ0) is 9.57. The van der Waals surface area contributed by atoms with E-state index in [0.29, 0.717) is 0 Å². The van der Waals surface area contributed by atoms with Crippen LogP contribution < -0.4 is 0 Å². The van der Waals surface area contributed by atoms with Crippen LogP contribution in [0.5, 0.6) is 0 Å². The van der Waals surface area contributed by atoms with Gasteiger partial charge in [-0.1, -0.05) is 0 Å². The molecule has 0 saturated heterocycles. The Morgan fingerprint density at radius 3 is 0.889 bits per heavy atom. The Bertz CT molecular complexity index is 246. The third kappa shape index (κ3) is 6.74. The molecule has 0 bridgehead atoms. The number of rotatable bonds is 0. The van der Waals surface area contributed by atoms with Crippen LogP contribution in [-0.2, 0) is 0 Å². The standard InChI is InChI=1S/C10H18N2.6H2O/c1-7-9(3,4)12-8(2)10(5,6)11-7;;;;;;/h1-6H3;6*1H2. The minimum atomic E-state index is -0.0976. The van der Waals surface area contributed by atoms with E-state index in [4.69, 9.17) is 0 Å². The van der Waals surface area contributed by atoms with Crippen molar-refractivity contribution < 1.29 is 32.9 Å². The third-order valence-electron chi connectivity index (χ3n) is 2.67. The van der Waals surface area contributed by atoms with E-state index in [1.807, 2.05) is 0 Å². The molecule has 116 valence electrons. The Balaban J connectivity index is -0.0000000600. The molecular weight excluding hydrogens is 244 g/mol. The van der Waals surface area contributed by atoms with Crippen molar-refractivity contribution in [3.8, 4) is 0 Å². The number of hydrogen-bond donors (Lipinski definition) is 0. The van der Waals surface area contributed by atoms with Gasteiger partial charge >= 0.3 is 0 Å². The molecule has 0 amide bonds. The largest absolute Gasteiger partial charge is 0.412 e. The Labute approximate surface area is 108 Å². The van der Waals surface area contributed by atoms with Gasteiger partial charge in [0.05, 0.1) is 11.1 Å². The molecule has 0 radical (unpaired) electrons. The molecule has 0 saturated carbocycles. The quantitative estimate of drug-likeness (QED) is 0.448. The van der Waals surface area contributed by atoms with Crippen LogP contribution in [0.15, 0.2) is 9.98 Å². The molecule has 1 heterocycles. The maximum Gasteiger partial charge on any atom is 0.0924 e. The normalized spacial score (nSPS) is 17.4. The van der Waals surface area contributed by atoms with Gasteiger partial charge in [0, 0.05) is 11.4 Å². The minimum Gasteiger partial charge on any atom is -0.412 e. The first-order valence-electron chi connectivity index (χ1n) is 4.39. The smallest absolute Gasteiger partial charge is 0.0924 e. The van der Waals surface area contributed by atoms with Crippen molar-refractivity contribution in [2.75, 3.05) is 0 Å². The molecule has 0 fully saturated rings. The maximum atomic E-state index is 4.63. The number of hydrogen-bond acceptors (Lipinski definition) is 2. The topological polar surface area (TPSA) is 214 Å². The third-order valence-corrected chi connectivity index (χ3v) is 2.67. The van der Waals surface area contributed by atoms with Crippen molar-refractivity contribution in [3.05, 3.63) is 0 Å². The van der Waals surface area contributed by atoms with Crippen LogP contribution in [0.3, 0.4) is 0 Å². The molecule has 8 heteroatoms. The molecule has 0 aromatic heterocycles. The Morgan fingerprint density at radius 2 is 0.722 bits per heavy atom. The van der Waals surface area contributed by atoms with E-state index in [9.17, 15) is 0 Å². The lowest BCUT2D eigenvalue weighted by atomic mass is 9.91. The molecule has 0 atom stereocenters. The zero-order valence-corrected chi connectivity index (χ0v) is 11.9. The highest BCUT2D eigenvalue weighted by molar-refractivity contribution is 6.02. The lowest BCUT2D eigenvalue weighted by Gasteiger charge is -2.33. The van der Waals surface area contributed by atoms with Crippen molar-refractivity contribution >= 4 is 11.4 Å². The highest BCUT2D eigenvalue weighted by atomic mass is 16.0. The molecule has 1 aliphatic heterocycles. The fourth-order valence-electron chi connectivity index (χ4n) is 1.27. The highest BCUT2D eigenvalue weighted by Gasteiger charge is 2.32. The van der Waals surface area contributed by atoms with Crippen LogP contribution in [-0.4, -0.2) is 55.4 Å². The molecule has 1 aliphatic rings. The van der Waals surface area contributed by atoms with Crippen molar-refractivity contribution in [1.29, 1.82) is 0 Å². The minimum absolute atomic E-state index is 0. The van der Waals surface area contributed by atoms with E-state index in [1.54, 1.807) is 0 Å². The summed E-state index contributed by atoms with van der Waals surface area (Å²) >= 11 is 0. The zero-order valence-electron chi connectivity index (χ0n) is 11.9. The Hall–Kier alpha value is -0.900. The van der Waals surface area contributed by atoms with Crippen LogP contribution >= 0.6 is 0 Å². The molecule has 12 N–H and O–H groups in total. The average molecular weight is 274 g/mol. The van der Waals surface area contributed by atoms with Gasteiger partial charge in [-0.3, -0.25) is 9.98 Å². The predicted octanol–water partition coefficient (Wildman–Crippen LogP) is -2.47. The van der Waals surface area contributed by atoms with E-state index in [2.05, 4.69) is 51.5 Å². The molecule has 0 aromatic carbocycles. The first-order valence-corrected chi connectivity index (χ1v) is 4.39. The summed E-state index contributed by atoms with van der Waals surface area (Å²) < 4.78 is 0. The molecule has 0 spiro atoms. The van der Waals surface area contributed by atoms with Crippen LogP contribution in [0.4, 0.5) is 0 Å². The van der Waals surface area contributed by atoms with E-state index < -0.39 is 0 Å². The second-order valence-electron chi connectivity index (χ2n) is 4.51. The van der Waals surface area contributed by atoms with E-state index >= 15 is 0 Å². The first-order chi connectivity index (χ1) is 5.26. The number of nitrogens with zero attached hydrogens (tertiary/aromatic N) is 2. The van der Waals surface area contributed by atoms with E-state index in [1.165, 1.54) is 0 Å². The van der Waals surface area contributed by atoms with Gasteiger partial charge < -0.3 is 32.9 Å². The van der Waals surface area contributed by atoms with Gasteiger partial charge in [-0.15, -0.1) is 0 Å². The van der Waals surface area contributed by atoms with Crippen LogP contribution in [0.2, 0.25) is 0 Å². The summed E-state index contributed by atoms with van der Waals surface area (Å²) in [6.07, 6.45) is 0. The SMILES string of the molecule is CC1=NC(C)(C)C(C)=NC1(C)C.O.O.O.O.O.O. The summed E-state index contributed by atoms with van der Waals surface area (Å²) in [4.78, 5) is 9.27. The second kappa shape index (κ2) is 10.1. The van der Waals surface area contributed by atoms with Gasteiger partial charge in [0.15, 0.2) is 0 Å².